The van der Waals surface area contributed by atoms with E-state index in [-0.39, 0.29) is 24.8 Å². The topological polar surface area (TPSA) is 123 Å². The number of rotatable bonds is 8. The molecule has 9 heteroatoms. The molecule has 1 heterocycles. The summed E-state index contributed by atoms with van der Waals surface area (Å²) < 4.78 is 7.12. The second kappa shape index (κ2) is 9.56. The van der Waals surface area contributed by atoms with Crippen LogP contribution in [0, 0.1) is 0 Å². The van der Waals surface area contributed by atoms with Crippen LogP contribution in [0.5, 0.6) is 0 Å². The molecule has 1 aliphatic carbocycles. The third kappa shape index (κ3) is 4.87. The van der Waals surface area contributed by atoms with Gasteiger partial charge in [-0.1, -0.05) is 48.5 Å². The van der Waals surface area contributed by atoms with E-state index < -0.39 is 24.0 Å². The standard InChI is InChI=1S/C24H24N4O5/c1-15(23(30)31)27-22(29)21-12-28(14-26-21)11-10-25-24(32)33-13-20-18-8-4-2-6-16(18)17-7-3-5-9-19(17)20/h2-9,12,14-15,20H,10-11,13H2,1H3,(H,25,32)(H,27,29)(H,30,31)/t15-/m0/s1. The van der Waals surface area contributed by atoms with Crippen molar-refractivity contribution in [2.45, 2.75) is 25.4 Å². The average molecular weight is 448 g/mol. The number of benzene rings is 2. The zero-order chi connectivity index (χ0) is 23.4. The van der Waals surface area contributed by atoms with E-state index in [4.69, 9.17) is 9.84 Å². The minimum Gasteiger partial charge on any atom is -0.480 e. The van der Waals surface area contributed by atoms with Crippen LogP contribution in [0.25, 0.3) is 11.1 Å². The number of carboxylic acid groups (broad SMARTS) is 1. The first-order chi connectivity index (χ1) is 15.9. The molecule has 0 fully saturated rings. The highest BCUT2D eigenvalue weighted by atomic mass is 16.5. The van der Waals surface area contributed by atoms with Crippen molar-refractivity contribution < 1.29 is 24.2 Å². The first kappa shape index (κ1) is 22.1. The van der Waals surface area contributed by atoms with E-state index in [1.807, 2.05) is 24.3 Å². The normalized spacial score (nSPS) is 13.0. The maximum atomic E-state index is 12.2. The number of amides is 2. The fraction of sp³-hybridized carbons (Fsp3) is 0.250. The molecule has 3 aromatic rings. The van der Waals surface area contributed by atoms with Crippen molar-refractivity contribution in [2.75, 3.05) is 13.2 Å². The van der Waals surface area contributed by atoms with Gasteiger partial charge in [-0.05, 0) is 29.2 Å². The molecular formula is C24H24N4O5. The van der Waals surface area contributed by atoms with Crippen molar-refractivity contribution >= 4 is 18.0 Å². The predicted octanol–water partition coefficient (Wildman–Crippen LogP) is 2.62. The molecule has 0 spiro atoms. The lowest BCUT2D eigenvalue weighted by Crippen LogP contribution is -2.38. The van der Waals surface area contributed by atoms with Crippen molar-refractivity contribution in [2.24, 2.45) is 0 Å². The Morgan fingerprint density at radius 3 is 2.36 bits per heavy atom. The summed E-state index contributed by atoms with van der Waals surface area (Å²) in [5.41, 5.74) is 4.73. The number of alkyl carbamates (subject to hydrolysis) is 1. The lowest BCUT2D eigenvalue weighted by Gasteiger charge is -2.14. The number of imidazole rings is 1. The number of fused-ring (bicyclic) bond motifs is 3. The summed E-state index contributed by atoms with van der Waals surface area (Å²) in [6, 6.07) is 15.2. The molecule has 2 aromatic carbocycles. The SMILES string of the molecule is C[C@H](NC(=O)c1cn(CCNC(=O)OCC2c3ccccc3-c3ccccc32)cn1)C(=O)O. The quantitative estimate of drug-likeness (QED) is 0.487. The van der Waals surface area contributed by atoms with Crippen LogP contribution >= 0.6 is 0 Å². The summed E-state index contributed by atoms with van der Waals surface area (Å²) in [6.45, 7) is 2.26. The zero-order valence-electron chi connectivity index (χ0n) is 18.0. The van der Waals surface area contributed by atoms with Crippen molar-refractivity contribution in [3.05, 3.63) is 77.9 Å². The van der Waals surface area contributed by atoms with E-state index in [2.05, 4.69) is 39.9 Å². The van der Waals surface area contributed by atoms with Gasteiger partial charge in [0.2, 0.25) is 0 Å². The Morgan fingerprint density at radius 2 is 1.73 bits per heavy atom. The Hall–Kier alpha value is -4.14. The Balaban J connectivity index is 1.26. The van der Waals surface area contributed by atoms with Crippen LogP contribution in [0.2, 0.25) is 0 Å². The van der Waals surface area contributed by atoms with Crippen LogP contribution < -0.4 is 10.6 Å². The first-order valence-electron chi connectivity index (χ1n) is 10.6. The van der Waals surface area contributed by atoms with Crippen molar-refractivity contribution in [3.8, 4) is 11.1 Å². The highest BCUT2D eigenvalue weighted by Gasteiger charge is 2.29. The van der Waals surface area contributed by atoms with Gasteiger partial charge in [-0.25, -0.2) is 9.78 Å². The third-order valence-corrected chi connectivity index (χ3v) is 5.57. The molecule has 3 N–H and O–H groups in total. The van der Waals surface area contributed by atoms with Gasteiger partial charge >= 0.3 is 12.1 Å². The molecule has 170 valence electrons. The number of aliphatic carboxylic acids is 1. The molecule has 4 rings (SSSR count). The molecule has 0 saturated heterocycles. The zero-order valence-corrected chi connectivity index (χ0v) is 18.0. The number of carbonyl (C=O) groups is 3. The predicted molar refractivity (Wildman–Crippen MR) is 120 cm³/mol. The summed E-state index contributed by atoms with van der Waals surface area (Å²) in [7, 11) is 0. The monoisotopic (exact) mass is 448 g/mol. The van der Waals surface area contributed by atoms with Gasteiger partial charge in [0.1, 0.15) is 18.3 Å². The van der Waals surface area contributed by atoms with E-state index in [0.717, 1.165) is 11.1 Å². The molecule has 1 aromatic heterocycles. The minimum absolute atomic E-state index is 0.00827. The number of nitrogens with one attached hydrogen (secondary N) is 2. The molecule has 0 unspecified atom stereocenters. The fourth-order valence-corrected chi connectivity index (χ4v) is 3.87. The fourth-order valence-electron chi connectivity index (χ4n) is 3.87. The third-order valence-electron chi connectivity index (χ3n) is 5.57. The number of aromatic nitrogens is 2. The lowest BCUT2D eigenvalue weighted by molar-refractivity contribution is -0.138. The highest BCUT2D eigenvalue weighted by Crippen LogP contribution is 2.44. The van der Waals surface area contributed by atoms with Crippen LogP contribution in [-0.4, -0.2) is 51.8 Å². The number of carbonyl (C=O) groups excluding carboxylic acids is 2. The largest absolute Gasteiger partial charge is 0.480 e. The summed E-state index contributed by atoms with van der Waals surface area (Å²) in [5.74, 6) is -1.71. The van der Waals surface area contributed by atoms with Gasteiger partial charge in [-0.15, -0.1) is 0 Å². The van der Waals surface area contributed by atoms with Crippen LogP contribution in [0.1, 0.15) is 34.5 Å². The lowest BCUT2D eigenvalue weighted by atomic mass is 9.98. The maximum absolute atomic E-state index is 12.2. The summed E-state index contributed by atoms with van der Waals surface area (Å²) >= 11 is 0. The first-order valence-corrected chi connectivity index (χ1v) is 10.6. The van der Waals surface area contributed by atoms with Gasteiger partial charge < -0.3 is 25.0 Å². The number of ether oxygens (including phenoxy) is 1. The van der Waals surface area contributed by atoms with Crippen LogP contribution in [0.4, 0.5) is 4.79 Å². The van der Waals surface area contributed by atoms with E-state index in [9.17, 15) is 14.4 Å². The number of hydrogen-bond donors (Lipinski definition) is 3. The van der Waals surface area contributed by atoms with Gasteiger partial charge in [-0.3, -0.25) is 9.59 Å². The second-order valence-electron chi connectivity index (χ2n) is 7.78. The van der Waals surface area contributed by atoms with Gasteiger partial charge in [0, 0.05) is 25.2 Å². The molecule has 0 saturated carbocycles. The molecule has 0 radical (unpaired) electrons. The molecule has 2 amide bonds. The Morgan fingerprint density at radius 1 is 1.09 bits per heavy atom. The molecule has 33 heavy (non-hydrogen) atoms. The van der Waals surface area contributed by atoms with E-state index in [1.54, 1.807) is 4.57 Å². The molecular weight excluding hydrogens is 424 g/mol. The van der Waals surface area contributed by atoms with Crippen LogP contribution in [0.15, 0.2) is 61.1 Å². The summed E-state index contributed by atoms with van der Waals surface area (Å²) in [5, 5.41) is 13.9. The molecule has 9 nitrogen and oxygen atoms in total. The van der Waals surface area contributed by atoms with Crippen LogP contribution in [-0.2, 0) is 16.1 Å². The summed E-state index contributed by atoms with van der Waals surface area (Å²) in [4.78, 5) is 39.1. The molecule has 0 aliphatic heterocycles. The smallest absolute Gasteiger partial charge is 0.407 e. The molecule has 1 aliphatic rings. The Kier molecular flexibility index (Phi) is 6.39. The van der Waals surface area contributed by atoms with Crippen molar-refractivity contribution in [1.29, 1.82) is 0 Å². The Bertz CT molecular complexity index is 1140. The van der Waals surface area contributed by atoms with Gasteiger partial charge in [0.05, 0.1) is 6.33 Å². The molecule has 0 bridgehead atoms. The van der Waals surface area contributed by atoms with E-state index in [1.165, 1.54) is 30.6 Å². The highest BCUT2D eigenvalue weighted by molar-refractivity contribution is 5.94. The summed E-state index contributed by atoms with van der Waals surface area (Å²) in [6.07, 6.45) is 2.41. The number of carboxylic acids is 1. The average Bonchev–Trinajstić information content (AvgIpc) is 3.41. The maximum Gasteiger partial charge on any atom is 0.407 e. The van der Waals surface area contributed by atoms with E-state index >= 15 is 0 Å². The van der Waals surface area contributed by atoms with E-state index in [0.29, 0.717) is 6.54 Å². The van der Waals surface area contributed by atoms with Crippen LogP contribution in [0.3, 0.4) is 0 Å². The van der Waals surface area contributed by atoms with Gasteiger partial charge in [0.25, 0.3) is 5.91 Å². The number of nitrogens with zero attached hydrogens (tertiary/aromatic N) is 2. The molecule has 1 atom stereocenters. The van der Waals surface area contributed by atoms with Gasteiger partial charge in [-0.2, -0.15) is 0 Å². The number of hydrogen-bond acceptors (Lipinski definition) is 5. The van der Waals surface area contributed by atoms with Gasteiger partial charge in [0.15, 0.2) is 0 Å². The second-order valence-corrected chi connectivity index (χ2v) is 7.78. The van der Waals surface area contributed by atoms with Crippen molar-refractivity contribution in [1.82, 2.24) is 20.2 Å². The Labute approximate surface area is 190 Å². The minimum atomic E-state index is -1.13. The van der Waals surface area contributed by atoms with Crippen molar-refractivity contribution in [3.63, 3.8) is 0 Å².